The Labute approximate surface area is 229 Å². The number of fused-ring (bicyclic) bond motifs is 1. The molecule has 1 heterocycles. The third-order valence-corrected chi connectivity index (χ3v) is 6.71. The number of hydrogen-bond donors (Lipinski definition) is 2. The van der Waals surface area contributed by atoms with Crippen molar-refractivity contribution < 1.29 is 22.8 Å². The maximum Gasteiger partial charge on any atom is 0.418 e. The molecule has 2 amide bonds. The Morgan fingerprint density at radius 3 is 2.26 bits per heavy atom. The Kier molecular flexibility index (Phi) is 7.17. The molecule has 4 aromatic carbocycles. The van der Waals surface area contributed by atoms with Crippen molar-refractivity contribution in [3.63, 3.8) is 0 Å². The van der Waals surface area contributed by atoms with E-state index in [0.717, 1.165) is 6.07 Å². The van der Waals surface area contributed by atoms with Gasteiger partial charge >= 0.3 is 12.2 Å². The average Bonchev–Trinajstić information content (AvgIpc) is 2.93. The molecule has 5 rings (SSSR count). The van der Waals surface area contributed by atoms with Crippen LogP contribution in [0.2, 0.25) is 0 Å². The maximum absolute atomic E-state index is 13.8. The lowest BCUT2D eigenvalue weighted by Crippen LogP contribution is -2.19. The van der Waals surface area contributed by atoms with E-state index in [0.29, 0.717) is 27.0 Å². The predicted molar refractivity (Wildman–Crippen MR) is 149 cm³/mol. The van der Waals surface area contributed by atoms with Crippen molar-refractivity contribution in [2.75, 3.05) is 10.6 Å². The van der Waals surface area contributed by atoms with E-state index < -0.39 is 17.8 Å². The van der Waals surface area contributed by atoms with Gasteiger partial charge < -0.3 is 10.6 Å². The summed E-state index contributed by atoms with van der Waals surface area (Å²) in [5, 5.41) is 5.65. The Hall–Kier alpha value is -4.50. The van der Waals surface area contributed by atoms with Crippen molar-refractivity contribution in [2.24, 2.45) is 0 Å². The molecule has 39 heavy (non-hydrogen) atoms. The molecule has 0 aliphatic carbocycles. The summed E-state index contributed by atoms with van der Waals surface area (Å²) >= 11 is 3.38. The first-order valence-corrected chi connectivity index (χ1v) is 12.5. The fourth-order valence-electron chi connectivity index (χ4n) is 4.28. The largest absolute Gasteiger partial charge is 0.418 e. The summed E-state index contributed by atoms with van der Waals surface area (Å²) in [4.78, 5) is 30.3. The van der Waals surface area contributed by atoms with Crippen molar-refractivity contribution in [3.05, 3.63) is 124 Å². The summed E-state index contributed by atoms with van der Waals surface area (Å²) in [5.74, 6) is -0.387. The van der Waals surface area contributed by atoms with Crippen molar-refractivity contribution in [3.8, 4) is 11.1 Å². The highest BCUT2D eigenvalue weighted by atomic mass is 79.9. The number of benzene rings is 4. The molecule has 0 fully saturated rings. The molecular formula is C30H19BrF3N3O2. The number of pyridine rings is 1. The lowest BCUT2D eigenvalue weighted by atomic mass is 9.91. The zero-order valence-corrected chi connectivity index (χ0v) is 21.7. The van der Waals surface area contributed by atoms with E-state index in [1.807, 2.05) is 6.07 Å². The number of ketones is 1. The smallest absolute Gasteiger partial charge is 0.308 e. The average molecular weight is 590 g/mol. The van der Waals surface area contributed by atoms with Crippen molar-refractivity contribution >= 4 is 50.0 Å². The summed E-state index contributed by atoms with van der Waals surface area (Å²) < 4.78 is 42.2. The highest BCUT2D eigenvalue weighted by Crippen LogP contribution is 2.39. The van der Waals surface area contributed by atoms with E-state index in [-0.39, 0.29) is 27.8 Å². The van der Waals surface area contributed by atoms with Gasteiger partial charge in [-0.15, -0.1) is 0 Å². The van der Waals surface area contributed by atoms with Gasteiger partial charge in [-0.3, -0.25) is 9.78 Å². The number of urea groups is 1. The van der Waals surface area contributed by atoms with E-state index in [4.69, 9.17) is 0 Å². The standard InChI is InChI=1S/C30H19BrF3N3O2/c31-24-14-4-5-15-25(24)37-29(39)36-20-11-6-10-19(16-20)26-21-12-7-13-23(30(32,33)34)27(21)35-17-22(26)28(38)18-8-2-1-3-9-18/h1-17H,(H2,36,37,39). The van der Waals surface area contributed by atoms with Crippen LogP contribution >= 0.6 is 15.9 Å². The molecule has 2 N–H and O–H groups in total. The molecule has 0 spiro atoms. The molecule has 0 radical (unpaired) electrons. The number of nitrogens with one attached hydrogen (secondary N) is 2. The number of aromatic nitrogens is 1. The van der Waals surface area contributed by atoms with Gasteiger partial charge in [0.25, 0.3) is 0 Å². The summed E-state index contributed by atoms with van der Waals surface area (Å²) in [7, 11) is 0. The molecule has 0 unspecified atom stereocenters. The Bertz CT molecular complexity index is 1710. The topological polar surface area (TPSA) is 71.1 Å². The number of para-hydroxylation sites is 2. The molecular weight excluding hydrogens is 571 g/mol. The Balaban J connectivity index is 1.62. The van der Waals surface area contributed by atoms with Gasteiger partial charge in [0.2, 0.25) is 0 Å². The molecule has 0 aliphatic rings. The minimum atomic E-state index is -4.64. The van der Waals surface area contributed by atoms with Gasteiger partial charge in [0.05, 0.1) is 16.8 Å². The highest BCUT2D eigenvalue weighted by molar-refractivity contribution is 9.10. The van der Waals surface area contributed by atoms with Crippen LogP contribution in [0.3, 0.4) is 0 Å². The normalized spacial score (nSPS) is 11.3. The number of amides is 2. The number of halogens is 4. The summed E-state index contributed by atoms with van der Waals surface area (Å²) in [5.41, 5.74) is 1.01. The molecule has 0 bridgehead atoms. The number of nitrogens with zero attached hydrogens (tertiary/aromatic N) is 1. The van der Waals surface area contributed by atoms with Crippen molar-refractivity contribution in [2.45, 2.75) is 6.18 Å². The predicted octanol–water partition coefficient (Wildman–Crippen LogP) is 8.56. The van der Waals surface area contributed by atoms with Gasteiger partial charge in [-0.2, -0.15) is 13.2 Å². The van der Waals surface area contributed by atoms with Gasteiger partial charge in [-0.25, -0.2) is 4.79 Å². The van der Waals surface area contributed by atoms with Crippen LogP contribution in [-0.4, -0.2) is 16.8 Å². The second-order valence-electron chi connectivity index (χ2n) is 8.58. The molecule has 9 heteroatoms. The molecule has 194 valence electrons. The zero-order valence-electron chi connectivity index (χ0n) is 20.1. The van der Waals surface area contributed by atoms with Gasteiger partial charge in [0.1, 0.15) is 0 Å². The third-order valence-electron chi connectivity index (χ3n) is 6.01. The fourth-order valence-corrected chi connectivity index (χ4v) is 4.66. The van der Waals surface area contributed by atoms with Crippen LogP contribution in [0, 0.1) is 0 Å². The molecule has 0 saturated carbocycles. The van der Waals surface area contributed by atoms with E-state index in [1.165, 1.54) is 18.3 Å². The number of carbonyl (C=O) groups is 2. The monoisotopic (exact) mass is 589 g/mol. The summed E-state index contributed by atoms with van der Waals surface area (Å²) in [6.45, 7) is 0. The highest BCUT2D eigenvalue weighted by Gasteiger charge is 2.34. The Morgan fingerprint density at radius 1 is 0.795 bits per heavy atom. The number of anilines is 2. The van der Waals surface area contributed by atoms with E-state index >= 15 is 0 Å². The number of carbonyl (C=O) groups excluding carboxylic acids is 2. The second kappa shape index (κ2) is 10.7. The SMILES string of the molecule is O=C(Nc1cccc(-c2c(C(=O)c3ccccc3)cnc3c(C(F)(F)F)cccc23)c1)Nc1ccccc1Br. The molecule has 0 saturated heterocycles. The van der Waals surface area contributed by atoms with Crippen LogP contribution in [0.4, 0.5) is 29.3 Å². The van der Waals surface area contributed by atoms with Crippen LogP contribution in [0.5, 0.6) is 0 Å². The Morgan fingerprint density at radius 2 is 1.51 bits per heavy atom. The van der Waals surface area contributed by atoms with Crippen LogP contribution in [0.1, 0.15) is 21.5 Å². The van der Waals surface area contributed by atoms with Gasteiger partial charge in [0, 0.05) is 38.4 Å². The number of alkyl halides is 3. The van der Waals surface area contributed by atoms with Gasteiger partial charge in [0.15, 0.2) is 5.78 Å². The van der Waals surface area contributed by atoms with Crippen LogP contribution in [0.15, 0.2) is 108 Å². The van der Waals surface area contributed by atoms with Crippen LogP contribution in [0.25, 0.3) is 22.0 Å². The minimum absolute atomic E-state index is 0.142. The molecule has 0 aliphatic heterocycles. The molecule has 5 aromatic rings. The molecule has 1 aromatic heterocycles. The second-order valence-corrected chi connectivity index (χ2v) is 9.44. The van der Waals surface area contributed by atoms with Gasteiger partial charge in [-0.05, 0) is 51.8 Å². The first-order valence-electron chi connectivity index (χ1n) is 11.7. The van der Waals surface area contributed by atoms with Crippen LogP contribution in [-0.2, 0) is 6.18 Å². The third kappa shape index (κ3) is 5.53. The fraction of sp³-hybridized carbons (Fsp3) is 0.0333. The van der Waals surface area contributed by atoms with Crippen LogP contribution < -0.4 is 10.6 Å². The van der Waals surface area contributed by atoms with Crippen molar-refractivity contribution in [1.82, 2.24) is 4.98 Å². The summed E-state index contributed by atoms with van der Waals surface area (Å²) in [6.07, 6.45) is -3.45. The van der Waals surface area contributed by atoms with Crippen molar-refractivity contribution in [1.29, 1.82) is 0 Å². The minimum Gasteiger partial charge on any atom is -0.308 e. The van der Waals surface area contributed by atoms with E-state index in [2.05, 4.69) is 31.5 Å². The summed E-state index contributed by atoms with van der Waals surface area (Å²) in [6, 6.07) is 25.4. The quantitative estimate of drug-likeness (QED) is 0.202. The lowest BCUT2D eigenvalue weighted by molar-refractivity contribution is -0.136. The number of hydrogen-bond acceptors (Lipinski definition) is 3. The maximum atomic E-state index is 13.8. The molecule has 0 atom stereocenters. The van der Waals surface area contributed by atoms with Gasteiger partial charge in [-0.1, -0.05) is 66.7 Å². The number of rotatable bonds is 5. The molecule has 5 nitrogen and oxygen atoms in total. The lowest BCUT2D eigenvalue weighted by Gasteiger charge is -2.16. The zero-order chi connectivity index (χ0) is 27.6. The first-order chi connectivity index (χ1) is 18.7. The first kappa shape index (κ1) is 26.1. The van der Waals surface area contributed by atoms with E-state index in [1.54, 1.807) is 72.8 Å². The van der Waals surface area contributed by atoms with E-state index in [9.17, 15) is 22.8 Å².